The maximum absolute atomic E-state index is 12.7. The van der Waals surface area contributed by atoms with Crippen molar-refractivity contribution in [1.82, 2.24) is 0 Å². The van der Waals surface area contributed by atoms with Gasteiger partial charge in [-0.2, -0.15) is 13.2 Å². The van der Waals surface area contributed by atoms with Gasteiger partial charge in [-0.25, -0.2) is 0 Å². The number of hydrogen-bond acceptors (Lipinski definition) is 1. The lowest BCUT2D eigenvalue weighted by molar-refractivity contribution is -0.137. The number of hydrogen-bond donors (Lipinski definition) is 1. The van der Waals surface area contributed by atoms with E-state index in [1.165, 1.54) is 0 Å². The summed E-state index contributed by atoms with van der Waals surface area (Å²) in [5.41, 5.74) is 1.92. The first-order chi connectivity index (χ1) is 9.34. The van der Waals surface area contributed by atoms with Crippen LogP contribution in [-0.2, 0) is 12.7 Å². The highest BCUT2D eigenvalue weighted by Gasteiger charge is 2.31. The summed E-state index contributed by atoms with van der Waals surface area (Å²) in [6, 6.07) is 11.6. The molecule has 0 aliphatic carbocycles. The second-order valence-electron chi connectivity index (χ2n) is 4.57. The highest BCUT2D eigenvalue weighted by atomic mass is 79.9. The fourth-order valence-corrected chi connectivity index (χ4v) is 2.37. The van der Waals surface area contributed by atoms with Crippen LogP contribution in [0.15, 0.2) is 46.9 Å². The molecule has 0 saturated heterocycles. The highest BCUT2D eigenvalue weighted by Crippen LogP contribution is 2.33. The molecule has 0 aliphatic heterocycles. The van der Waals surface area contributed by atoms with Gasteiger partial charge in [0.1, 0.15) is 0 Å². The van der Waals surface area contributed by atoms with E-state index in [-0.39, 0.29) is 0 Å². The number of benzene rings is 2. The number of alkyl halides is 3. The van der Waals surface area contributed by atoms with Gasteiger partial charge >= 0.3 is 6.18 Å². The summed E-state index contributed by atoms with van der Waals surface area (Å²) < 4.78 is 38.5. The first kappa shape index (κ1) is 14.9. The zero-order valence-electron chi connectivity index (χ0n) is 10.8. The van der Waals surface area contributed by atoms with E-state index in [1.807, 2.05) is 31.2 Å². The molecule has 2 aromatic carbocycles. The van der Waals surface area contributed by atoms with E-state index >= 15 is 0 Å². The molecule has 2 rings (SSSR count). The van der Waals surface area contributed by atoms with Crippen molar-refractivity contribution in [2.24, 2.45) is 0 Å². The summed E-state index contributed by atoms with van der Waals surface area (Å²) in [4.78, 5) is 0. The van der Waals surface area contributed by atoms with Crippen LogP contribution < -0.4 is 5.32 Å². The van der Waals surface area contributed by atoms with Gasteiger partial charge in [-0.1, -0.05) is 45.8 Å². The monoisotopic (exact) mass is 343 g/mol. The molecule has 0 aliphatic rings. The van der Waals surface area contributed by atoms with Crippen molar-refractivity contribution in [1.29, 1.82) is 0 Å². The molecule has 0 spiro atoms. The van der Waals surface area contributed by atoms with Gasteiger partial charge in [-0.15, -0.1) is 0 Å². The topological polar surface area (TPSA) is 12.0 Å². The molecule has 2 aromatic rings. The smallest absolute Gasteiger partial charge is 0.381 e. The molecule has 5 heteroatoms. The van der Waals surface area contributed by atoms with Crippen molar-refractivity contribution >= 4 is 21.6 Å². The first-order valence-corrected chi connectivity index (χ1v) is 6.81. The minimum absolute atomic E-state index is 0.402. The third-order valence-electron chi connectivity index (χ3n) is 2.80. The Kier molecular flexibility index (Phi) is 4.38. The predicted molar refractivity (Wildman–Crippen MR) is 77.6 cm³/mol. The Morgan fingerprint density at radius 1 is 1.10 bits per heavy atom. The molecule has 0 atom stereocenters. The van der Waals surface area contributed by atoms with Gasteiger partial charge in [0, 0.05) is 16.7 Å². The lowest BCUT2D eigenvalue weighted by atomic mass is 10.1. The number of rotatable bonds is 3. The molecule has 20 heavy (non-hydrogen) atoms. The number of nitrogens with one attached hydrogen (secondary N) is 1. The molecular weight excluding hydrogens is 331 g/mol. The van der Waals surface area contributed by atoms with Crippen molar-refractivity contribution < 1.29 is 13.2 Å². The van der Waals surface area contributed by atoms with E-state index in [4.69, 9.17) is 0 Å². The van der Waals surface area contributed by atoms with Crippen LogP contribution in [0.3, 0.4) is 0 Å². The largest absolute Gasteiger partial charge is 0.416 e. The normalized spacial score (nSPS) is 11.4. The summed E-state index contributed by atoms with van der Waals surface area (Å²) in [5, 5.41) is 3.01. The van der Waals surface area contributed by atoms with Gasteiger partial charge in [0.05, 0.1) is 5.56 Å². The van der Waals surface area contributed by atoms with E-state index in [0.717, 1.165) is 23.3 Å². The minimum atomic E-state index is -4.34. The van der Waals surface area contributed by atoms with Crippen LogP contribution in [0.5, 0.6) is 0 Å². The summed E-state index contributed by atoms with van der Waals surface area (Å²) in [5.74, 6) is 0. The molecule has 0 radical (unpaired) electrons. The van der Waals surface area contributed by atoms with Crippen LogP contribution in [-0.4, -0.2) is 0 Å². The number of anilines is 1. The average molecular weight is 344 g/mol. The first-order valence-electron chi connectivity index (χ1n) is 6.02. The minimum Gasteiger partial charge on any atom is -0.381 e. The van der Waals surface area contributed by atoms with E-state index in [0.29, 0.717) is 16.7 Å². The highest BCUT2D eigenvalue weighted by molar-refractivity contribution is 9.10. The summed E-state index contributed by atoms with van der Waals surface area (Å²) in [6.07, 6.45) is -4.34. The summed E-state index contributed by atoms with van der Waals surface area (Å²) in [6.45, 7) is 2.46. The van der Waals surface area contributed by atoms with Crippen molar-refractivity contribution in [2.75, 3.05) is 5.32 Å². The predicted octanol–water partition coefficient (Wildman–Crippen LogP) is 5.39. The van der Waals surface area contributed by atoms with Crippen molar-refractivity contribution in [3.05, 3.63) is 63.6 Å². The zero-order valence-corrected chi connectivity index (χ0v) is 12.3. The van der Waals surface area contributed by atoms with E-state index < -0.39 is 11.7 Å². The molecule has 106 valence electrons. The molecule has 0 aromatic heterocycles. The molecule has 0 fully saturated rings. The second kappa shape index (κ2) is 5.87. The molecule has 0 saturated carbocycles. The van der Waals surface area contributed by atoms with Crippen molar-refractivity contribution in [3.63, 3.8) is 0 Å². The Hall–Kier alpha value is -1.49. The summed E-state index contributed by atoms with van der Waals surface area (Å²) in [7, 11) is 0. The van der Waals surface area contributed by atoms with Gasteiger partial charge in [-0.05, 0) is 30.7 Å². The van der Waals surface area contributed by atoms with Gasteiger partial charge < -0.3 is 5.32 Å². The van der Waals surface area contributed by atoms with Crippen LogP contribution in [0.25, 0.3) is 0 Å². The maximum atomic E-state index is 12.7. The summed E-state index contributed by atoms with van der Waals surface area (Å²) >= 11 is 3.10. The van der Waals surface area contributed by atoms with Crippen LogP contribution in [0.2, 0.25) is 0 Å². The Bertz CT molecular complexity index is 608. The van der Waals surface area contributed by atoms with Crippen LogP contribution >= 0.6 is 15.9 Å². The molecule has 1 nitrogen and oxygen atoms in total. The van der Waals surface area contributed by atoms with E-state index in [1.54, 1.807) is 6.07 Å². The lowest BCUT2D eigenvalue weighted by Crippen LogP contribution is -2.07. The fraction of sp³-hybridized carbons (Fsp3) is 0.200. The second-order valence-corrected chi connectivity index (χ2v) is 5.48. The third-order valence-corrected chi connectivity index (χ3v) is 3.26. The van der Waals surface area contributed by atoms with Gasteiger partial charge in [0.15, 0.2) is 0 Å². The SMILES string of the molecule is Cc1cccc(CNc2cc(Br)cc(C(F)(F)F)c2)c1. The van der Waals surface area contributed by atoms with Crippen LogP contribution in [0, 0.1) is 6.92 Å². The standard InChI is InChI=1S/C15H13BrF3N/c1-10-3-2-4-11(5-10)9-20-14-7-12(15(17,18)19)6-13(16)8-14/h2-8,20H,9H2,1H3. The van der Waals surface area contributed by atoms with Gasteiger partial charge in [-0.3, -0.25) is 0 Å². The molecule has 0 amide bonds. The maximum Gasteiger partial charge on any atom is 0.416 e. The van der Waals surface area contributed by atoms with Gasteiger partial charge in [0.25, 0.3) is 0 Å². The zero-order chi connectivity index (χ0) is 14.8. The molecule has 1 N–H and O–H groups in total. The van der Waals surface area contributed by atoms with E-state index in [9.17, 15) is 13.2 Å². The molecule has 0 bridgehead atoms. The van der Waals surface area contributed by atoms with Crippen LogP contribution in [0.1, 0.15) is 16.7 Å². The molecular formula is C15H13BrF3N. The fourth-order valence-electron chi connectivity index (χ4n) is 1.88. The lowest BCUT2D eigenvalue weighted by Gasteiger charge is -2.12. The third kappa shape index (κ3) is 4.00. The van der Waals surface area contributed by atoms with Crippen molar-refractivity contribution in [2.45, 2.75) is 19.6 Å². The number of aryl methyl sites for hydroxylation is 1. The average Bonchev–Trinajstić information content (AvgIpc) is 2.35. The molecule has 0 unspecified atom stereocenters. The van der Waals surface area contributed by atoms with Gasteiger partial charge in [0.2, 0.25) is 0 Å². The Balaban J connectivity index is 2.16. The van der Waals surface area contributed by atoms with E-state index in [2.05, 4.69) is 21.2 Å². The Morgan fingerprint density at radius 2 is 1.85 bits per heavy atom. The Morgan fingerprint density at radius 3 is 2.50 bits per heavy atom. The molecule has 0 heterocycles. The number of halogens is 4. The Labute approximate surface area is 123 Å². The quantitative estimate of drug-likeness (QED) is 0.787. The van der Waals surface area contributed by atoms with Crippen LogP contribution in [0.4, 0.5) is 18.9 Å². The van der Waals surface area contributed by atoms with Crippen molar-refractivity contribution in [3.8, 4) is 0 Å².